The molecular formula is C10H13ClFN3O. The summed E-state index contributed by atoms with van der Waals surface area (Å²) < 4.78 is 13.0. The summed E-state index contributed by atoms with van der Waals surface area (Å²) in [7, 11) is 3.21. The monoisotopic (exact) mass is 245 g/mol. The Morgan fingerprint density at radius 1 is 1.62 bits per heavy atom. The standard InChI is InChI=1S/C10H13ClFN3O/c1-14-10(16)5-15(2)9-3-6(11)7(12)4-8(9)13/h3-4H,5,13H2,1-2H3,(H,14,16). The molecule has 1 aromatic carbocycles. The number of amides is 1. The Bertz CT molecular complexity index is 411. The second-order valence-corrected chi connectivity index (χ2v) is 3.76. The molecule has 1 aromatic rings. The molecule has 0 fully saturated rings. The zero-order valence-electron chi connectivity index (χ0n) is 9.05. The van der Waals surface area contributed by atoms with Crippen LogP contribution in [0.1, 0.15) is 0 Å². The van der Waals surface area contributed by atoms with E-state index in [2.05, 4.69) is 5.32 Å². The summed E-state index contributed by atoms with van der Waals surface area (Å²) in [5.41, 5.74) is 6.40. The molecule has 0 spiro atoms. The second kappa shape index (κ2) is 5.03. The fraction of sp³-hybridized carbons (Fsp3) is 0.300. The van der Waals surface area contributed by atoms with Gasteiger partial charge in [-0.1, -0.05) is 11.6 Å². The minimum Gasteiger partial charge on any atom is -0.397 e. The predicted molar refractivity (Wildman–Crippen MR) is 63.2 cm³/mol. The van der Waals surface area contributed by atoms with Gasteiger partial charge in [-0.05, 0) is 6.07 Å². The van der Waals surface area contributed by atoms with E-state index in [1.807, 2.05) is 0 Å². The maximum atomic E-state index is 13.0. The first kappa shape index (κ1) is 12.6. The molecule has 0 aromatic heterocycles. The fourth-order valence-electron chi connectivity index (χ4n) is 1.26. The Morgan fingerprint density at radius 2 is 2.25 bits per heavy atom. The molecule has 0 radical (unpaired) electrons. The van der Waals surface area contributed by atoms with Crippen molar-refractivity contribution in [1.29, 1.82) is 0 Å². The quantitative estimate of drug-likeness (QED) is 0.788. The molecule has 0 atom stereocenters. The van der Waals surface area contributed by atoms with Crippen LogP contribution >= 0.6 is 11.6 Å². The summed E-state index contributed by atoms with van der Waals surface area (Å²) in [6.07, 6.45) is 0. The molecule has 0 unspecified atom stereocenters. The highest BCUT2D eigenvalue weighted by atomic mass is 35.5. The normalized spacial score (nSPS) is 10.0. The molecular weight excluding hydrogens is 233 g/mol. The van der Waals surface area contributed by atoms with Gasteiger partial charge in [0.05, 0.1) is 22.9 Å². The molecule has 88 valence electrons. The van der Waals surface area contributed by atoms with Crippen molar-refractivity contribution < 1.29 is 9.18 Å². The number of nitrogens with zero attached hydrogens (tertiary/aromatic N) is 1. The van der Waals surface area contributed by atoms with E-state index in [0.717, 1.165) is 6.07 Å². The Labute approximate surface area is 98.2 Å². The zero-order chi connectivity index (χ0) is 12.3. The molecule has 6 heteroatoms. The van der Waals surface area contributed by atoms with Crippen LogP contribution in [0.2, 0.25) is 5.02 Å². The number of benzene rings is 1. The van der Waals surface area contributed by atoms with Gasteiger partial charge < -0.3 is 16.0 Å². The molecule has 1 amide bonds. The van der Waals surface area contributed by atoms with Crippen molar-refractivity contribution in [2.45, 2.75) is 0 Å². The highest BCUT2D eigenvalue weighted by Gasteiger charge is 2.12. The zero-order valence-corrected chi connectivity index (χ0v) is 9.81. The number of carbonyl (C=O) groups is 1. The largest absolute Gasteiger partial charge is 0.397 e. The van der Waals surface area contributed by atoms with E-state index in [-0.39, 0.29) is 23.2 Å². The average Bonchev–Trinajstić information content (AvgIpc) is 2.23. The third-order valence-corrected chi connectivity index (χ3v) is 2.43. The van der Waals surface area contributed by atoms with E-state index >= 15 is 0 Å². The summed E-state index contributed by atoms with van der Waals surface area (Å²) >= 11 is 5.64. The molecule has 0 bridgehead atoms. The van der Waals surface area contributed by atoms with Gasteiger partial charge >= 0.3 is 0 Å². The van der Waals surface area contributed by atoms with Gasteiger partial charge in [0.1, 0.15) is 5.82 Å². The van der Waals surface area contributed by atoms with Crippen LogP contribution in [0.3, 0.4) is 0 Å². The van der Waals surface area contributed by atoms with Crippen molar-refractivity contribution in [3.05, 3.63) is 23.0 Å². The molecule has 4 nitrogen and oxygen atoms in total. The van der Waals surface area contributed by atoms with E-state index < -0.39 is 5.82 Å². The van der Waals surface area contributed by atoms with Crippen LogP contribution < -0.4 is 16.0 Å². The number of carbonyl (C=O) groups excluding carboxylic acids is 1. The Balaban J connectivity index is 2.95. The van der Waals surface area contributed by atoms with Crippen LogP contribution in [0.4, 0.5) is 15.8 Å². The van der Waals surface area contributed by atoms with Crippen LogP contribution in [0.15, 0.2) is 12.1 Å². The second-order valence-electron chi connectivity index (χ2n) is 3.35. The molecule has 0 saturated carbocycles. The number of nitrogen functional groups attached to an aromatic ring is 1. The Hall–Kier alpha value is -1.49. The summed E-state index contributed by atoms with van der Waals surface area (Å²) in [6.45, 7) is 0.128. The number of halogens is 2. The van der Waals surface area contributed by atoms with Crippen LogP contribution in [-0.4, -0.2) is 26.5 Å². The lowest BCUT2D eigenvalue weighted by atomic mass is 10.2. The minimum atomic E-state index is -0.573. The summed E-state index contributed by atoms with van der Waals surface area (Å²) in [5.74, 6) is -0.737. The fourth-order valence-corrected chi connectivity index (χ4v) is 1.42. The molecule has 16 heavy (non-hydrogen) atoms. The maximum Gasteiger partial charge on any atom is 0.239 e. The lowest BCUT2D eigenvalue weighted by molar-refractivity contribution is -0.119. The van der Waals surface area contributed by atoms with E-state index in [1.165, 1.54) is 13.1 Å². The van der Waals surface area contributed by atoms with Gasteiger partial charge in [-0.25, -0.2) is 4.39 Å². The summed E-state index contributed by atoms with van der Waals surface area (Å²) in [6, 6.07) is 2.53. The number of rotatable bonds is 3. The van der Waals surface area contributed by atoms with E-state index in [0.29, 0.717) is 5.69 Å². The third-order valence-electron chi connectivity index (χ3n) is 2.14. The lowest BCUT2D eigenvalue weighted by Gasteiger charge is -2.20. The van der Waals surface area contributed by atoms with Gasteiger partial charge in [0, 0.05) is 20.2 Å². The van der Waals surface area contributed by atoms with Gasteiger partial charge in [0.25, 0.3) is 0 Å². The summed E-state index contributed by atoms with van der Waals surface area (Å²) in [4.78, 5) is 12.8. The van der Waals surface area contributed by atoms with Gasteiger partial charge in [-0.3, -0.25) is 4.79 Å². The molecule has 1 rings (SSSR count). The number of hydrogen-bond acceptors (Lipinski definition) is 3. The smallest absolute Gasteiger partial charge is 0.239 e. The molecule has 3 N–H and O–H groups in total. The predicted octanol–water partition coefficient (Wildman–Crippen LogP) is 1.24. The number of nitrogens with one attached hydrogen (secondary N) is 1. The van der Waals surface area contributed by atoms with Crippen molar-refractivity contribution >= 4 is 28.9 Å². The van der Waals surface area contributed by atoms with Crippen LogP contribution in [0.25, 0.3) is 0 Å². The minimum absolute atomic E-state index is 0.0204. The first-order valence-corrected chi connectivity index (χ1v) is 4.99. The first-order chi connectivity index (χ1) is 7.45. The number of likely N-dealkylation sites (N-methyl/N-ethyl adjacent to an activating group) is 2. The van der Waals surface area contributed by atoms with Gasteiger partial charge in [0.2, 0.25) is 5.91 Å². The molecule has 0 aliphatic rings. The Kier molecular flexibility index (Phi) is 3.95. The molecule has 0 aliphatic heterocycles. The van der Waals surface area contributed by atoms with Crippen molar-refractivity contribution in [2.24, 2.45) is 0 Å². The Morgan fingerprint density at radius 3 is 2.81 bits per heavy atom. The van der Waals surface area contributed by atoms with Crippen molar-refractivity contribution in [2.75, 3.05) is 31.3 Å². The van der Waals surface area contributed by atoms with Gasteiger partial charge in [-0.15, -0.1) is 0 Å². The highest BCUT2D eigenvalue weighted by molar-refractivity contribution is 6.31. The van der Waals surface area contributed by atoms with Crippen molar-refractivity contribution in [3.8, 4) is 0 Å². The number of nitrogens with two attached hydrogens (primary N) is 1. The van der Waals surface area contributed by atoms with Gasteiger partial charge in [0.15, 0.2) is 0 Å². The van der Waals surface area contributed by atoms with Crippen LogP contribution in [-0.2, 0) is 4.79 Å². The SMILES string of the molecule is CNC(=O)CN(C)c1cc(Cl)c(F)cc1N. The number of hydrogen-bond donors (Lipinski definition) is 2. The first-order valence-electron chi connectivity index (χ1n) is 4.62. The average molecular weight is 246 g/mol. The lowest BCUT2D eigenvalue weighted by Crippen LogP contribution is -2.33. The third kappa shape index (κ3) is 2.76. The van der Waals surface area contributed by atoms with E-state index in [1.54, 1.807) is 11.9 Å². The van der Waals surface area contributed by atoms with Crippen molar-refractivity contribution in [1.82, 2.24) is 5.32 Å². The molecule has 0 aliphatic carbocycles. The van der Waals surface area contributed by atoms with E-state index in [4.69, 9.17) is 17.3 Å². The molecule has 0 saturated heterocycles. The maximum absolute atomic E-state index is 13.0. The van der Waals surface area contributed by atoms with Crippen LogP contribution in [0, 0.1) is 5.82 Å². The van der Waals surface area contributed by atoms with Gasteiger partial charge in [-0.2, -0.15) is 0 Å². The topological polar surface area (TPSA) is 58.4 Å². The summed E-state index contributed by atoms with van der Waals surface area (Å²) in [5, 5.41) is 2.46. The van der Waals surface area contributed by atoms with E-state index in [9.17, 15) is 9.18 Å². The number of anilines is 2. The molecule has 0 heterocycles. The highest BCUT2D eigenvalue weighted by Crippen LogP contribution is 2.28. The van der Waals surface area contributed by atoms with Crippen molar-refractivity contribution in [3.63, 3.8) is 0 Å². The van der Waals surface area contributed by atoms with Crippen LogP contribution in [0.5, 0.6) is 0 Å².